The molecule has 0 fully saturated rings. The Labute approximate surface area is 121 Å². The highest BCUT2D eigenvalue weighted by Crippen LogP contribution is 2.28. The average molecular weight is 281 g/mol. The zero-order valence-electron chi connectivity index (χ0n) is 11.3. The van der Waals surface area contributed by atoms with Crippen molar-refractivity contribution in [1.82, 2.24) is 15.0 Å². The van der Waals surface area contributed by atoms with E-state index in [0.29, 0.717) is 12.4 Å². The molecule has 6 heteroatoms. The van der Waals surface area contributed by atoms with Crippen molar-refractivity contribution in [1.29, 1.82) is 0 Å². The Kier molecular flexibility index (Phi) is 3.61. The number of aromatic nitrogens is 3. The number of nitrogens with two attached hydrogens (primary N) is 1. The van der Waals surface area contributed by atoms with Crippen LogP contribution in [0.3, 0.4) is 0 Å². The fraction of sp³-hybridized carbons (Fsp3) is 0.133. The van der Waals surface area contributed by atoms with Crippen LogP contribution in [0.25, 0.3) is 22.0 Å². The Balaban J connectivity index is 2.12. The van der Waals surface area contributed by atoms with Gasteiger partial charge in [-0.1, -0.05) is 18.2 Å². The van der Waals surface area contributed by atoms with Crippen LogP contribution in [0.2, 0.25) is 0 Å². The number of fused-ring (bicyclic) bond motifs is 1. The molecule has 3 aromatic rings. The number of hydrogen-bond acceptors (Lipinski definition) is 6. The molecule has 0 radical (unpaired) electrons. The van der Waals surface area contributed by atoms with Gasteiger partial charge in [0.25, 0.3) is 0 Å². The molecule has 0 saturated heterocycles. The summed E-state index contributed by atoms with van der Waals surface area (Å²) in [7, 11) is 0. The topological polar surface area (TPSA) is 97.0 Å². The molecule has 21 heavy (non-hydrogen) atoms. The quantitative estimate of drug-likeness (QED) is 0.673. The lowest BCUT2D eigenvalue weighted by Crippen LogP contribution is -2.09. The van der Waals surface area contributed by atoms with Crippen molar-refractivity contribution in [2.75, 3.05) is 24.2 Å². The van der Waals surface area contributed by atoms with Gasteiger partial charge in [-0.3, -0.25) is 4.98 Å². The maximum absolute atomic E-state index is 8.88. The first-order valence-electron chi connectivity index (χ1n) is 6.60. The fourth-order valence-electron chi connectivity index (χ4n) is 2.22. The molecule has 1 aromatic carbocycles. The van der Waals surface area contributed by atoms with Crippen molar-refractivity contribution in [3.8, 4) is 11.3 Å². The van der Waals surface area contributed by atoms with Crippen LogP contribution in [-0.2, 0) is 0 Å². The summed E-state index contributed by atoms with van der Waals surface area (Å²) in [6.07, 6.45) is 3.57. The lowest BCUT2D eigenvalue weighted by atomic mass is 10.0. The number of benzene rings is 1. The number of pyridine rings is 1. The van der Waals surface area contributed by atoms with Gasteiger partial charge in [0.05, 0.1) is 12.3 Å². The molecule has 0 spiro atoms. The molecule has 6 nitrogen and oxygen atoms in total. The molecule has 106 valence electrons. The highest BCUT2D eigenvalue weighted by molar-refractivity contribution is 5.95. The van der Waals surface area contributed by atoms with Crippen LogP contribution in [0, 0.1) is 0 Å². The number of aliphatic hydroxyl groups is 1. The van der Waals surface area contributed by atoms with E-state index >= 15 is 0 Å². The van der Waals surface area contributed by atoms with Gasteiger partial charge in [-0.25, -0.2) is 4.98 Å². The number of anilines is 2. The highest BCUT2D eigenvalue weighted by atomic mass is 16.3. The zero-order chi connectivity index (χ0) is 14.7. The van der Waals surface area contributed by atoms with Crippen LogP contribution < -0.4 is 11.1 Å². The van der Waals surface area contributed by atoms with E-state index in [1.54, 1.807) is 6.20 Å². The number of nitrogens with one attached hydrogen (secondary N) is 1. The van der Waals surface area contributed by atoms with E-state index < -0.39 is 0 Å². The molecule has 4 N–H and O–H groups in total. The first kappa shape index (κ1) is 13.3. The van der Waals surface area contributed by atoms with E-state index in [0.717, 1.165) is 22.0 Å². The number of nitrogen functional groups attached to an aromatic ring is 1. The molecule has 0 aliphatic carbocycles. The summed E-state index contributed by atoms with van der Waals surface area (Å²) in [5.41, 5.74) is 7.48. The molecule has 3 rings (SSSR count). The van der Waals surface area contributed by atoms with Crippen molar-refractivity contribution < 1.29 is 5.11 Å². The van der Waals surface area contributed by atoms with Gasteiger partial charge in [0.15, 0.2) is 0 Å². The van der Waals surface area contributed by atoms with Gasteiger partial charge in [0, 0.05) is 36.0 Å². The molecular weight excluding hydrogens is 266 g/mol. The van der Waals surface area contributed by atoms with Crippen LogP contribution in [0.1, 0.15) is 0 Å². The molecule has 0 amide bonds. The second-order valence-electron chi connectivity index (χ2n) is 4.55. The molecule has 0 saturated carbocycles. The van der Waals surface area contributed by atoms with Gasteiger partial charge in [0.2, 0.25) is 5.95 Å². The largest absolute Gasteiger partial charge is 0.395 e. The maximum Gasteiger partial charge on any atom is 0.222 e. The molecule has 0 bridgehead atoms. The van der Waals surface area contributed by atoms with E-state index in [9.17, 15) is 0 Å². The third-order valence-electron chi connectivity index (χ3n) is 3.12. The maximum atomic E-state index is 8.88. The average Bonchev–Trinajstić information content (AvgIpc) is 2.52. The lowest BCUT2D eigenvalue weighted by Gasteiger charge is -2.09. The predicted octanol–water partition coefficient (Wildman–Crippen LogP) is 1.68. The SMILES string of the molecule is Nc1nc(NCCO)cc(-c2cccc3cnccc23)n1. The smallest absolute Gasteiger partial charge is 0.222 e. The van der Waals surface area contributed by atoms with Crippen molar-refractivity contribution in [3.63, 3.8) is 0 Å². The summed E-state index contributed by atoms with van der Waals surface area (Å²) in [6, 6.07) is 9.71. The van der Waals surface area contributed by atoms with Gasteiger partial charge in [-0.2, -0.15) is 4.98 Å². The van der Waals surface area contributed by atoms with Gasteiger partial charge in [-0.15, -0.1) is 0 Å². The summed E-state index contributed by atoms with van der Waals surface area (Å²) in [5, 5.41) is 14.0. The van der Waals surface area contributed by atoms with Crippen LogP contribution in [0.5, 0.6) is 0 Å². The molecule has 0 atom stereocenters. The number of nitrogens with zero attached hydrogens (tertiary/aromatic N) is 3. The van der Waals surface area contributed by atoms with E-state index in [-0.39, 0.29) is 12.6 Å². The number of rotatable bonds is 4. The monoisotopic (exact) mass is 281 g/mol. The minimum absolute atomic E-state index is 0.0270. The van der Waals surface area contributed by atoms with E-state index in [4.69, 9.17) is 10.8 Å². The summed E-state index contributed by atoms with van der Waals surface area (Å²) in [6.45, 7) is 0.439. The highest BCUT2D eigenvalue weighted by Gasteiger charge is 2.08. The first-order valence-corrected chi connectivity index (χ1v) is 6.60. The van der Waals surface area contributed by atoms with Crippen molar-refractivity contribution in [3.05, 3.63) is 42.7 Å². The summed E-state index contributed by atoms with van der Waals surface area (Å²) in [4.78, 5) is 12.5. The van der Waals surface area contributed by atoms with Gasteiger partial charge < -0.3 is 16.2 Å². The van der Waals surface area contributed by atoms with E-state index in [1.807, 2.05) is 36.5 Å². The zero-order valence-corrected chi connectivity index (χ0v) is 11.3. The van der Waals surface area contributed by atoms with Crippen molar-refractivity contribution in [2.45, 2.75) is 0 Å². The lowest BCUT2D eigenvalue weighted by molar-refractivity contribution is 0.311. The minimum Gasteiger partial charge on any atom is -0.395 e. The summed E-state index contributed by atoms with van der Waals surface area (Å²) < 4.78 is 0. The Morgan fingerprint density at radius 1 is 1.19 bits per heavy atom. The van der Waals surface area contributed by atoms with Crippen LogP contribution in [0.15, 0.2) is 42.7 Å². The summed E-state index contributed by atoms with van der Waals surface area (Å²) in [5.74, 6) is 0.789. The minimum atomic E-state index is 0.0270. The molecule has 2 heterocycles. The van der Waals surface area contributed by atoms with Crippen molar-refractivity contribution >= 4 is 22.5 Å². The molecule has 0 unspecified atom stereocenters. The molecule has 0 aliphatic rings. The normalized spacial score (nSPS) is 10.7. The fourth-order valence-corrected chi connectivity index (χ4v) is 2.22. The third-order valence-corrected chi connectivity index (χ3v) is 3.12. The number of hydrogen-bond donors (Lipinski definition) is 3. The Morgan fingerprint density at radius 2 is 2.10 bits per heavy atom. The molecule has 2 aromatic heterocycles. The van der Waals surface area contributed by atoms with Gasteiger partial charge in [-0.05, 0) is 11.5 Å². The first-order chi connectivity index (χ1) is 10.3. The van der Waals surface area contributed by atoms with Crippen LogP contribution >= 0.6 is 0 Å². The Bertz CT molecular complexity index is 770. The standard InChI is InChI=1S/C15H15N5O/c16-15-19-13(8-14(20-15)18-6-7-21)12-3-1-2-10-9-17-5-4-11(10)12/h1-5,8-9,21H,6-7H2,(H3,16,18,19,20). The van der Waals surface area contributed by atoms with E-state index in [2.05, 4.69) is 20.3 Å². The molecular formula is C15H15N5O. The summed E-state index contributed by atoms with van der Waals surface area (Å²) >= 11 is 0. The number of aliphatic hydroxyl groups excluding tert-OH is 1. The Hall–Kier alpha value is -2.73. The van der Waals surface area contributed by atoms with Gasteiger partial charge >= 0.3 is 0 Å². The third kappa shape index (κ3) is 2.75. The predicted molar refractivity (Wildman–Crippen MR) is 82.8 cm³/mol. The van der Waals surface area contributed by atoms with Crippen LogP contribution in [0.4, 0.5) is 11.8 Å². The second-order valence-corrected chi connectivity index (χ2v) is 4.55. The van der Waals surface area contributed by atoms with Crippen molar-refractivity contribution in [2.24, 2.45) is 0 Å². The van der Waals surface area contributed by atoms with E-state index in [1.165, 1.54) is 0 Å². The van der Waals surface area contributed by atoms with Crippen LogP contribution in [-0.4, -0.2) is 33.2 Å². The Morgan fingerprint density at radius 3 is 2.95 bits per heavy atom. The molecule has 0 aliphatic heterocycles. The second kappa shape index (κ2) is 5.72. The van der Waals surface area contributed by atoms with Gasteiger partial charge in [0.1, 0.15) is 5.82 Å².